The minimum atomic E-state index is -0.195. The topological polar surface area (TPSA) is 84.9 Å². The van der Waals surface area contributed by atoms with Gasteiger partial charge in [0.2, 0.25) is 17.7 Å². The highest BCUT2D eigenvalue weighted by molar-refractivity contribution is 6.05. The molecule has 2 aliphatic rings. The van der Waals surface area contributed by atoms with E-state index in [1.807, 2.05) is 18.2 Å². The first-order valence-corrected chi connectivity index (χ1v) is 9.49. The minimum Gasteiger partial charge on any atom is -0.497 e. The summed E-state index contributed by atoms with van der Waals surface area (Å²) >= 11 is 0. The van der Waals surface area contributed by atoms with Gasteiger partial charge < -0.3 is 14.8 Å². The summed E-state index contributed by atoms with van der Waals surface area (Å²) in [6, 6.07) is 7.24. The van der Waals surface area contributed by atoms with Gasteiger partial charge in [-0.05, 0) is 25.0 Å². The van der Waals surface area contributed by atoms with Crippen LogP contribution in [-0.2, 0) is 14.4 Å². The standard InChI is InChI=1S/C20H26N2O5/c1-26-14-5-4-6-15(13-14)27-12-10-21-18(23)9-11-22-19(24)16-7-2-3-8-17(16)20(22)25/h4-6,13,16-17H,2-3,7-12H2,1H3,(H,21,23). The molecule has 7 nitrogen and oxygen atoms in total. The number of hydrogen-bond acceptors (Lipinski definition) is 5. The Morgan fingerprint density at radius 2 is 1.81 bits per heavy atom. The molecule has 0 bridgehead atoms. The second-order valence-corrected chi connectivity index (χ2v) is 6.95. The van der Waals surface area contributed by atoms with Gasteiger partial charge in [-0.1, -0.05) is 18.9 Å². The van der Waals surface area contributed by atoms with Gasteiger partial charge in [-0.3, -0.25) is 19.3 Å². The lowest BCUT2D eigenvalue weighted by Crippen LogP contribution is -2.36. The van der Waals surface area contributed by atoms with Gasteiger partial charge in [0, 0.05) is 19.0 Å². The van der Waals surface area contributed by atoms with Gasteiger partial charge in [-0.25, -0.2) is 0 Å². The Hall–Kier alpha value is -2.57. The lowest BCUT2D eigenvalue weighted by Gasteiger charge is -2.19. The fraction of sp³-hybridized carbons (Fsp3) is 0.550. The third kappa shape index (κ3) is 4.59. The van der Waals surface area contributed by atoms with E-state index in [0.29, 0.717) is 24.7 Å². The molecule has 7 heteroatoms. The van der Waals surface area contributed by atoms with Gasteiger partial charge in [-0.2, -0.15) is 0 Å². The predicted octanol–water partition coefficient (Wildman–Crippen LogP) is 1.76. The van der Waals surface area contributed by atoms with Gasteiger partial charge >= 0.3 is 0 Å². The van der Waals surface area contributed by atoms with Crippen molar-refractivity contribution in [2.24, 2.45) is 11.8 Å². The number of ether oxygens (including phenoxy) is 2. The summed E-state index contributed by atoms with van der Waals surface area (Å²) in [6.45, 7) is 0.834. The van der Waals surface area contributed by atoms with Gasteiger partial charge in [0.15, 0.2) is 0 Å². The molecule has 3 amide bonds. The first-order chi connectivity index (χ1) is 13.1. The van der Waals surface area contributed by atoms with Gasteiger partial charge in [0.05, 0.1) is 25.5 Å². The van der Waals surface area contributed by atoms with Crippen molar-refractivity contribution in [2.75, 3.05) is 26.8 Å². The van der Waals surface area contributed by atoms with Crippen molar-refractivity contribution in [1.82, 2.24) is 10.2 Å². The monoisotopic (exact) mass is 374 g/mol. The van der Waals surface area contributed by atoms with Gasteiger partial charge in [-0.15, -0.1) is 0 Å². The number of likely N-dealkylation sites (tertiary alicyclic amines) is 1. The molecule has 1 saturated heterocycles. The molecule has 1 N–H and O–H groups in total. The highest BCUT2D eigenvalue weighted by Crippen LogP contribution is 2.37. The summed E-state index contributed by atoms with van der Waals surface area (Å²) in [7, 11) is 1.59. The highest BCUT2D eigenvalue weighted by atomic mass is 16.5. The molecule has 1 aromatic carbocycles. The van der Waals surface area contributed by atoms with Crippen LogP contribution in [0.15, 0.2) is 24.3 Å². The Kier molecular flexibility index (Phi) is 6.32. The third-order valence-electron chi connectivity index (χ3n) is 5.23. The molecule has 0 radical (unpaired) electrons. The van der Waals surface area contributed by atoms with Crippen LogP contribution < -0.4 is 14.8 Å². The smallest absolute Gasteiger partial charge is 0.233 e. The molecule has 1 heterocycles. The first kappa shape index (κ1) is 19.2. The second kappa shape index (κ2) is 8.88. The molecule has 0 spiro atoms. The van der Waals surface area contributed by atoms with Crippen LogP contribution in [-0.4, -0.2) is 49.4 Å². The molecular weight excluding hydrogens is 348 g/mol. The quantitative estimate of drug-likeness (QED) is 0.554. The summed E-state index contributed by atoms with van der Waals surface area (Å²) in [6.07, 6.45) is 3.71. The summed E-state index contributed by atoms with van der Waals surface area (Å²) < 4.78 is 10.7. The average Bonchev–Trinajstić information content (AvgIpc) is 2.94. The lowest BCUT2D eigenvalue weighted by atomic mass is 9.81. The van der Waals surface area contributed by atoms with E-state index in [-0.39, 0.29) is 42.5 Å². The summed E-state index contributed by atoms with van der Waals surface area (Å²) in [5.41, 5.74) is 0. The molecule has 1 aliphatic heterocycles. The van der Waals surface area contributed by atoms with E-state index in [0.717, 1.165) is 25.7 Å². The molecule has 1 saturated carbocycles. The Balaban J connectivity index is 1.37. The number of nitrogens with one attached hydrogen (secondary N) is 1. The second-order valence-electron chi connectivity index (χ2n) is 6.95. The number of amides is 3. The zero-order chi connectivity index (χ0) is 19.2. The molecule has 1 aromatic rings. The average molecular weight is 374 g/mol. The van der Waals surface area contributed by atoms with Crippen LogP contribution in [0.1, 0.15) is 32.1 Å². The van der Waals surface area contributed by atoms with Crippen molar-refractivity contribution in [3.05, 3.63) is 24.3 Å². The van der Waals surface area contributed by atoms with Crippen LogP contribution in [0.4, 0.5) is 0 Å². The van der Waals surface area contributed by atoms with Crippen LogP contribution in [0.3, 0.4) is 0 Å². The maximum absolute atomic E-state index is 12.4. The first-order valence-electron chi connectivity index (χ1n) is 9.49. The molecule has 1 aliphatic carbocycles. The largest absolute Gasteiger partial charge is 0.497 e. The zero-order valence-electron chi connectivity index (χ0n) is 15.6. The van der Waals surface area contributed by atoms with E-state index in [4.69, 9.17) is 9.47 Å². The fourth-order valence-electron chi connectivity index (χ4n) is 3.80. The van der Waals surface area contributed by atoms with Crippen LogP contribution in [0.5, 0.6) is 11.5 Å². The van der Waals surface area contributed by atoms with Crippen molar-refractivity contribution < 1.29 is 23.9 Å². The third-order valence-corrected chi connectivity index (χ3v) is 5.23. The predicted molar refractivity (Wildman–Crippen MR) is 98.3 cm³/mol. The van der Waals surface area contributed by atoms with Crippen molar-refractivity contribution in [2.45, 2.75) is 32.1 Å². The number of nitrogens with zero attached hydrogens (tertiary/aromatic N) is 1. The van der Waals surface area contributed by atoms with E-state index < -0.39 is 0 Å². The zero-order valence-corrected chi connectivity index (χ0v) is 15.6. The number of fused-ring (bicyclic) bond motifs is 1. The van der Waals surface area contributed by atoms with Crippen LogP contribution in [0.2, 0.25) is 0 Å². The molecule has 27 heavy (non-hydrogen) atoms. The van der Waals surface area contributed by atoms with Crippen molar-refractivity contribution in [3.8, 4) is 11.5 Å². The summed E-state index contributed by atoms with van der Waals surface area (Å²) in [5, 5.41) is 2.75. The number of carbonyl (C=O) groups excluding carboxylic acids is 3. The molecule has 3 rings (SSSR count). The van der Waals surface area contributed by atoms with Crippen LogP contribution >= 0.6 is 0 Å². The van der Waals surface area contributed by atoms with Gasteiger partial charge in [0.1, 0.15) is 18.1 Å². The number of hydrogen-bond donors (Lipinski definition) is 1. The van der Waals surface area contributed by atoms with Crippen LogP contribution in [0, 0.1) is 11.8 Å². The number of imide groups is 1. The number of benzene rings is 1. The van der Waals surface area contributed by atoms with Crippen molar-refractivity contribution >= 4 is 17.7 Å². The molecular formula is C20H26N2O5. The number of carbonyl (C=O) groups is 3. The molecule has 146 valence electrons. The molecule has 2 atom stereocenters. The number of methoxy groups -OCH3 is 1. The molecule has 2 fully saturated rings. The highest BCUT2D eigenvalue weighted by Gasteiger charge is 2.47. The van der Waals surface area contributed by atoms with E-state index in [2.05, 4.69) is 5.32 Å². The van der Waals surface area contributed by atoms with Crippen molar-refractivity contribution in [1.29, 1.82) is 0 Å². The van der Waals surface area contributed by atoms with E-state index in [1.165, 1.54) is 4.90 Å². The summed E-state index contributed by atoms with van der Waals surface area (Å²) in [4.78, 5) is 38.0. The fourth-order valence-corrected chi connectivity index (χ4v) is 3.80. The van der Waals surface area contributed by atoms with Crippen molar-refractivity contribution in [3.63, 3.8) is 0 Å². The Labute approximate surface area is 159 Å². The Bertz CT molecular complexity index is 681. The van der Waals surface area contributed by atoms with E-state index in [1.54, 1.807) is 13.2 Å². The molecule has 0 aromatic heterocycles. The van der Waals surface area contributed by atoms with Gasteiger partial charge in [0.25, 0.3) is 0 Å². The normalized spacial score (nSPS) is 21.7. The Morgan fingerprint density at radius 3 is 2.48 bits per heavy atom. The molecule has 2 unspecified atom stereocenters. The Morgan fingerprint density at radius 1 is 1.15 bits per heavy atom. The maximum Gasteiger partial charge on any atom is 0.233 e. The SMILES string of the molecule is COc1cccc(OCCNC(=O)CCN2C(=O)C3CCCCC3C2=O)c1. The lowest BCUT2D eigenvalue weighted by molar-refractivity contribution is -0.140. The minimum absolute atomic E-state index is 0.0983. The van der Waals surface area contributed by atoms with E-state index >= 15 is 0 Å². The van der Waals surface area contributed by atoms with Crippen LogP contribution in [0.25, 0.3) is 0 Å². The number of rotatable bonds is 8. The maximum atomic E-state index is 12.4. The van der Waals surface area contributed by atoms with E-state index in [9.17, 15) is 14.4 Å². The summed E-state index contributed by atoms with van der Waals surface area (Å²) in [5.74, 6) is 0.657.